The topological polar surface area (TPSA) is 59.8 Å². The van der Waals surface area contributed by atoms with E-state index in [1.165, 1.54) is 0 Å². The van der Waals surface area contributed by atoms with Gasteiger partial charge in [0.1, 0.15) is 5.69 Å². The summed E-state index contributed by atoms with van der Waals surface area (Å²) in [6.07, 6.45) is 6.82. The molecule has 0 aliphatic heterocycles. The molecule has 0 saturated carbocycles. The molecule has 0 unspecified atom stereocenters. The van der Waals surface area contributed by atoms with Crippen LogP contribution in [0.1, 0.15) is 10.5 Å². The van der Waals surface area contributed by atoms with Gasteiger partial charge in [0, 0.05) is 24.7 Å². The number of hydrogen-bond donors (Lipinski definition) is 2. The molecule has 2 rings (SSSR count). The van der Waals surface area contributed by atoms with E-state index in [-0.39, 0.29) is 5.91 Å². The average Bonchev–Trinajstić information content (AvgIpc) is 2.90. The molecular formula is C11H12N4OS. The van der Waals surface area contributed by atoms with Crippen molar-refractivity contribution in [3.05, 3.63) is 42.7 Å². The average molecular weight is 248 g/mol. The van der Waals surface area contributed by atoms with Crippen molar-refractivity contribution < 1.29 is 4.79 Å². The van der Waals surface area contributed by atoms with Crippen LogP contribution in [0.5, 0.6) is 0 Å². The zero-order valence-electron chi connectivity index (χ0n) is 9.08. The van der Waals surface area contributed by atoms with Crippen LogP contribution in [0.2, 0.25) is 0 Å². The SMILES string of the molecule is O=C(NCCS)c1ccc(-n2ccnc2)cn1. The fourth-order valence-electron chi connectivity index (χ4n) is 1.34. The third-order valence-electron chi connectivity index (χ3n) is 2.18. The highest BCUT2D eigenvalue weighted by atomic mass is 32.1. The van der Waals surface area contributed by atoms with Gasteiger partial charge >= 0.3 is 0 Å². The van der Waals surface area contributed by atoms with E-state index < -0.39 is 0 Å². The van der Waals surface area contributed by atoms with Gasteiger partial charge in [0.25, 0.3) is 5.91 Å². The predicted molar refractivity (Wildman–Crippen MR) is 67.5 cm³/mol. The van der Waals surface area contributed by atoms with Crippen molar-refractivity contribution in [3.8, 4) is 5.69 Å². The molecule has 0 saturated heterocycles. The Morgan fingerprint density at radius 2 is 2.35 bits per heavy atom. The standard InChI is InChI=1S/C11H12N4OS/c16-11(13-4-6-17)10-2-1-9(7-14-10)15-5-3-12-8-15/h1-3,5,7-8,17H,4,6H2,(H,13,16). The number of pyridine rings is 1. The Kier molecular flexibility index (Phi) is 3.77. The fourth-order valence-corrected chi connectivity index (χ4v) is 1.46. The minimum atomic E-state index is -0.184. The molecule has 2 heterocycles. The Balaban J connectivity index is 2.10. The number of nitrogens with one attached hydrogen (secondary N) is 1. The van der Waals surface area contributed by atoms with Crippen molar-refractivity contribution in [2.75, 3.05) is 12.3 Å². The van der Waals surface area contributed by atoms with Crippen LogP contribution in [0.15, 0.2) is 37.1 Å². The van der Waals surface area contributed by atoms with Gasteiger partial charge in [0.05, 0.1) is 18.2 Å². The first-order valence-corrected chi connectivity index (χ1v) is 5.78. The van der Waals surface area contributed by atoms with Gasteiger partial charge in [-0.25, -0.2) is 9.97 Å². The summed E-state index contributed by atoms with van der Waals surface area (Å²) in [5.41, 5.74) is 1.27. The number of nitrogens with zero attached hydrogens (tertiary/aromatic N) is 3. The number of carbonyl (C=O) groups excluding carboxylic acids is 1. The fraction of sp³-hybridized carbons (Fsp3) is 0.182. The quantitative estimate of drug-likeness (QED) is 0.791. The molecule has 1 N–H and O–H groups in total. The summed E-state index contributed by atoms with van der Waals surface area (Å²) in [5.74, 6) is 0.426. The lowest BCUT2D eigenvalue weighted by molar-refractivity contribution is 0.0951. The van der Waals surface area contributed by atoms with Gasteiger partial charge in [-0.3, -0.25) is 4.79 Å². The van der Waals surface area contributed by atoms with Gasteiger partial charge in [-0.05, 0) is 12.1 Å². The molecule has 0 fully saturated rings. The van der Waals surface area contributed by atoms with Crippen LogP contribution >= 0.6 is 12.6 Å². The van der Waals surface area contributed by atoms with E-state index in [9.17, 15) is 4.79 Å². The lowest BCUT2D eigenvalue weighted by atomic mass is 10.3. The second-order valence-electron chi connectivity index (χ2n) is 3.35. The summed E-state index contributed by atoms with van der Waals surface area (Å²) >= 11 is 4.02. The normalized spacial score (nSPS) is 10.2. The van der Waals surface area contributed by atoms with Gasteiger partial charge in [0.15, 0.2) is 0 Å². The van der Waals surface area contributed by atoms with E-state index in [1.807, 2.05) is 16.8 Å². The lowest BCUT2D eigenvalue weighted by Crippen LogP contribution is -2.26. The van der Waals surface area contributed by atoms with Crippen molar-refractivity contribution in [1.82, 2.24) is 19.9 Å². The van der Waals surface area contributed by atoms with E-state index >= 15 is 0 Å². The summed E-state index contributed by atoms with van der Waals surface area (Å²) in [7, 11) is 0. The van der Waals surface area contributed by atoms with Crippen LogP contribution in [-0.4, -0.2) is 32.7 Å². The summed E-state index contributed by atoms with van der Waals surface area (Å²) in [6.45, 7) is 0.535. The summed E-state index contributed by atoms with van der Waals surface area (Å²) < 4.78 is 1.82. The minimum absolute atomic E-state index is 0.184. The molecule has 88 valence electrons. The number of hydrogen-bond acceptors (Lipinski definition) is 4. The molecule has 0 aliphatic carbocycles. The maximum absolute atomic E-state index is 11.6. The molecule has 5 nitrogen and oxygen atoms in total. The molecular weight excluding hydrogens is 236 g/mol. The van der Waals surface area contributed by atoms with Gasteiger partial charge in [-0.1, -0.05) is 0 Å². The summed E-state index contributed by atoms with van der Waals surface area (Å²) in [6, 6.07) is 3.51. The van der Waals surface area contributed by atoms with Crippen molar-refractivity contribution >= 4 is 18.5 Å². The zero-order chi connectivity index (χ0) is 12.1. The molecule has 17 heavy (non-hydrogen) atoms. The Bertz CT molecular complexity index is 481. The third kappa shape index (κ3) is 2.85. The molecule has 0 aromatic carbocycles. The molecule has 0 radical (unpaired) electrons. The van der Waals surface area contributed by atoms with Crippen molar-refractivity contribution in [1.29, 1.82) is 0 Å². The van der Waals surface area contributed by atoms with Crippen molar-refractivity contribution in [2.24, 2.45) is 0 Å². The van der Waals surface area contributed by atoms with Crippen LogP contribution in [-0.2, 0) is 0 Å². The van der Waals surface area contributed by atoms with Gasteiger partial charge in [-0.15, -0.1) is 0 Å². The maximum atomic E-state index is 11.6. The molecule has 0 atom stereocenters. The van der Waals surface area contributed by atoms with Crippen LogP contribution in [0.3, 0.4) is 0 Å². The van der Waals surface area contributed by atoms with Gasteiger partial charge < -0.3 is 9.88 Å². The van der Waals surface area contributed by atoms with E-state index in [2.05, 4.69) is 27.9 Å². The Hall–Kier alpha value is -1.82. The summed E-state index contributed by atoms with van der Waals surface area (Å²) in [4.78, 5) is 19.6. The maximum Gasteiger partial charge on any atom is 0.269 e. The number of carbonyl (C=O) groups is 1. The van der Waals surface area contributed by atoms with E-state index in [0.29, 0.717) is 18.0 Å². The Morgan fingerprint density at radius 3 is 2.94 bits per heavy atom. The summed E-state index contributed by atoms with van der Waals surface area (Å²) in [5, 5.41) is 2.71. The minimum Gasteiger partial charge on any atom is -0.350 e. The second-order valence-corrected chi connectivity index (χ2v) is 3.80. The van der Waals surface area contributed by atoms with Gasteiger partial charge in [-0.2, -0.15) is 12.6 Å². The first-order chi connectivity index (χ1) is 8.31. The number of amides is 1. The Labute approximate surface area is 104 Å². The number of thiol groups is 1. The number of imidazole rings is 1. The first kappa shape index (κ1) is 11.7. The van der Waals surface area contributed by atoms with Gasteiger partial charge in [0.2, 0.25) is 0 Å². The van der Waals surface area contributed by atoms with E-state index in [4.69, 9.17) is 0 Å². The molecule has 0 bridgehead atoms. The molecule has 0 aliphatic rings. The van der Waals surface area contributed by atoms with Crippen molar-refractivity contribution in [2.45, 2.75) is 0 Å². The monoisotopic (exact) mass is 248 g/mol. The van der Waals surface area contributed by atoms with Crippen LogP contribution < -0.4 is 5.32 Å². The Morgan fingerprint density at radius 1 is 1.47 bits per heavy atom. The van der Waals surface area contributed by atoms with Crippen LogP contribution in [0.25, 0.3) is 5.69 Å². The smallest absolute Gasteiger partial charge is 0.269 e. The first-order valence-electron chi connectivity index (χ1n) is 5.14. The lowest BCUT2D eigenvalue weighted by Gasteiger charge is -2.04. The molecule has 2 aromatic heterocycles. The van der Waals surface area contributed by atoms with E-state index in [1.54, 1.807) is 24.8 Å². The second kappa shape index (κ2) is 5.49. The molecule has 6 heteroatoms. The van der Waals surface area contributed by atoms with Crippen LogP contribution in [0, 0.1) is 0 Å². The molecule has 2 aromatic rings. The third-order valence-corrected chi connectivity index (χ3v) is 2.40. The molecule has 0 spiro atoms. The zero-order valence-corrected chi connectivity index (χ0v) is 9.97. The highest BCUT2D eigenvalue weighted by molar-refractivity contribution is 7.80. The largest absolute Gasteiger partial charge is 0.350 e. The van der Waals surface area contributed by atoms with Crippen molar-refractivity contribution in [3.63, 3.8) is 0 Å². The number of aromatic nitrogens is 3. The highest BCUT2D eigenvalue weighted by Crippen LogP contribution is 2.06. The predicted octanol–water partition coefficient (Wildman–Crippen LogP) is 0.927. The number of rotatable bonds is 4. The van der Waals surface area contributed by atoms with E-state index in [0.717, 1.165) is 5.69 Å². The molecule has 1 amide bonds. The highest BCUT2D eigenvalue weighted by Gasteiger charge is 2.06. The van der Waals surface area contributed by atoms with Crippen LogP contribution in [0.4, 0.5) is 0 Å².